The Bertz CT molecular complexity index is 869. The van der Waals surface area contributed by atoms with E-state index in [1.807, 2.05) is 18.2 Å². The van der Waals surface area contributed by atoms with Crippen LogP contribution in [0.3, 0.4) is 0 Å². The summed E-state index contributed by atoms with van der Waals surface area (Å²) in [6, 6.07) is 9.16. The first-order valence-corrected chi connectivity index (χ1v) is 8.71. The molecule has 0 bridgehead atoms. The third-order valence-electron chi connectivity index (χ3n) is 3.78. The summed E-state index contributed by atoms with van der Waals surface area (Å²) < 4.78 is 37.3. The van der Waals surface area contributed by atoms with Crippen LogP contribution in [-0.2, 0) is 6.42 Å². The highest BCUT2D eigenvalue weighted by molar-refractivity contribution is 8.15. The Morgan fingerprint density at radius 3 is 2.62 bits per heavy atom. The Hall–Kier alpha value is -2.63. The van der Waals surface area contributed by atoms with E-state index in [0.717, 1.165) is 18.1 Å². The number of aliphatic imine (C=N–C) groups is 1. The molecule has 2 aromatic carbocycles. The fourth-order valence-corrected chi connectivity index (χ4v) is 3.13. The van der Waals surface area contributed by atoms with Gasteiger partial charge in [-0.15, -0.1) is 0 Å². The van der Waals surface area contributed by atoms with Crippen molar-refractivity contribution in [2.75, 3.05) is 20.8 Å². The highest BCUT2D eigenvalue weighted by atomic mass is 32.2. The first kappa shape index (κ1) is 18.2. The number of ether oxygens (including phenoxy) is 2. The Balaban J connectivity index is 1.58. The highest BCUT2D eigenvalue weighted by Crippen LogP contribution is 2.29. The largest absolute Gasteiger partial charge is 0.493 e. The van der Waals surface area contributed by atoms with E-state index in [4.69, 9.17) is 9.47 Å². The molecular weight excluding hydrogens is 358 g/mol. The van der Waals surface area contributed by atoms with Gasteiger partial charge in [-0.1, -0.05) is 6.07 Å². The van der Waals surface area contributed by atoms with Gasteiger partial charge >= 0.3 is 5.70 Å². The zero-order valence-electron chi connectivity index (χ0n) is 14.3. The van der Waals surface area contributed by atoms with Crippen molar-refractivity contribution in [3.8, 4) is 11.5 Å². The van der Waals surface area contributed by atoms with Crippen molar-refractivity contribution >= 4 is 22.6 Å². The van der Waals surface area contributed by atoms with Gasteiger partial charge in [-0.3, -0.25) is 0 Å². The number of methoxy groups -OCH3 is 2. The van der Waals surface area contributed by atoms with Crippen LogP contribution >= 0.6 is 11.8 Å². The van der Waals surface area contributed by atoms with E-state index < -0.39 is 11.6 Å². The van der Waals surface area contributed by atoms with Gasteiger partial charge < -0.3 is 14.8 Å². The smallest absolute Gasteiger partial charge is 0.309 e. The Morgan fingerprint density at radius 1 is 1.08 bits per heavy atom. The summed E-state index contributed by atoms with van der Waals surface area (Å²) in [5.41, 5.74) is 1.68. The molecule has 0 unspecified atom stereocenters. The SMILES string of the molecule is COc1ccc(CCNC2=NC(c3ccc(F)cc3F)=[C+]S2)cc1OC. The van der Waals surface area contributed by atoms with Crippen LogP contribution in [0, 0.1) is 17.0 Å². The topological polar surface area (TPSA) is 42.8 Å². The molecule has 2 aromatic rings. The van der Waals surface area contributed by atoms with Crippen LogP contribution in [0.15, 0.2) is 41.4 Å². The lowest BCUT2D eigenvalue weighted by Crippen LogP contribution is -2.21. The quantitative estimate of drug-likeness (QED) is 0.775. The highest BCUT2D eigenvalue weighted by Gasteiger charge is 2.26. The van der Waals surface area contributed by atoms with Crippen molar-refractivity contribution in [3.63, 3.8) is 0 Å². The van der Waals surface area contributed by atoms with Gasteiger partial charge in [0.1, 0.15) is 17.6 Å². The molecule has 3 rings (SSSR count). The molecule has 0 amide bonds. The van der Waals surface area contributed by atoms with Crippen LogP contribution < -0.4 is 14.8 Å². The van der Waals surface area contributed by atoms with Gasteiger partial charge in [0.2, 0.25) is 5.82 Å². The Kier molecular flexibility index (Phi) is 5.71. The van der Waals surface area contributed by atoms with Crippen LogP contribution in [0.4, 0.5) is 8.78 Å². The van der Waals surface area contributed by atoms with E-state index in [9.17, 15) is 8.78 Å². The first-order valence-electron chi connectivity index (χ1n) is 7.89. The molecule has 0 fully saturated rings. The van der Waals surface area contributed by atoms with E-state index in [1.165, 1.54) is 23.9 Å². The summed E-state index contributed by atoms with van der Waals surface area (Å²) in [5.74, 6) is 0.101. The molecule has 0 aromatic heterocycles. The minimum absolute atomic E-state index is 0.232. The second-order valence-electron chi connectivity index (χ2n) is 5.46. The van der Waals surface area contributed by atoms with Gasteiger partial charge in [-0.25, -0.2) is 4.39 Å². The maximum Gasteiger partial charge on any atom is 0.309 e. The van der Waals surface area contributed by atoms with Crippen LogP contribution in [0.2, 0.25) is 0 Å². The van der Waals surface area contributed by atoms with Gasteiger partial charge in [0.05, 0.1) is 14.2 Å². The summed E-state index contributed by atoms with van der Waals surface area (Å²) >= 11 is 1.25. The number of hydrogen-bond donors (Lipinski definition) is 1. The zero-order chi connectivity index (χ0) is 18.5. The van der Waals surface area contributed by atoms with Crippen molar-refractivity contribution in [1.29, 1.82) is 0 Å². The Labute approximate surface area is 154 Å². The van der Waals surface area contributed by atoms with E-state index >= 15 is 0 Å². The molecule has 0 atom stereocenters. The number of nitrogens with one attached hydrogen (secondary N) is 1. The van der Waals surface area contributed by atoms with Gasteiger partial charge in [0.15, 0.2) is 27.6 Å². The Morgan fingerprint density at radius 2 is 1.88 bits per heavy atom. The van der Waals surface area contributed by atoms with E-state index in [0.29, 0.717) is 28.9 Å². The standard InChI is InChI=1S/C19H17F2N2O2S/c1-24-17-6-3-12(9-18(17)25-2)7-8-22-19-23-16(11-26-19)14-5-4-13(20)10-15(14)21/h3-6,9-10H,7-8H2,1-2H3,(H,22,23)/q+1. The maximum atomic E-state index is 13.8. The molecule has 0 aliphatic carbocycles. The summed E-state index contributed by atoms with van der Waals surface area (Å²) in [4.78, 5) is 4.31. The number of nitrogens with zero attached hydrogens (tertiary/aromatic N) is 1. The maximum absolute atomic E-state index is 13.8. The van der Waals surface area contributed by atoms with E-state index in [1.54, 1.807) is 14.2 Å². The fourth-order valence-electron chi connectivity index (χ4n) is 2.47. The molecule has 0 saturated carbocycles. The summed E-state index contributed by atoms with van der Waals surface area (Å²) in [5, 5.41) is 6.75. The average Bonchev–Trinajstić information content (AvgIpc) is 3.10. The molecule has 1 N–H and O–H groups in total. The molecule has 1 aliphatic rings. The van der Waals surface area contributed by atoms with Crippen molar-refractivity contribution in [1.82, 2.24) is 5.32 Å². The third-order valence-corrected chi connectivity index (χ3v) is 4.51. The molecule has 0 saturated heterocycles. The number of amidine groups is 1. The van der Waals surface area contributed by atoms with Gasteiger partial charge in [-0.05, 0) is 30.2 Å². The van der Waals surface area contributed by atoms with Crippen molar-refractivity contribution in [2.24, 2.45) is 4.99 Å². The van der Waals surface area contributed by atoms with Crippen LogP contribution in [0.5, 0.6) is 11.5 Å². The van der Waals surface area contributed by atoms with Crippen molar-refractivity contribution < 1.29 is 18.3 Å². The van der Waals surface area contributed by atoms with Crippen molar-refractivity contribution in [2.45, 2.75) is 6.42 Å². The van der Waals surface area contributed by atoms with Gasteiger partial charge in [0.25, 0.3) is 0 Å². The molecule has 7 heteroatoms. The number of hydrogen-bond acceptors (Lipinski definition) is 5. The molecule has 1 heterocycles. The molecule has 134 valence electrons. The third kappa shape index (κ3) is 4.12. The summed E-state index contributed by atoms with van der Waals surface area (Å²) in [7, 11) is 3.20. The molecule has 4 nitrogen and oxygen atoms in total. The molecule has 1 aliphatic heterocycles. The van der Waals surface area contributed by atoms with E-state index in [-0.39, 0.29) is 5.56 Å². The first-order chi connectivity index (χ1) is 12.6. The predicted molar refractivity (Wildman–Crippen MR) is 99.3 cm³/mol. The van der Waals surface area contributed by atoms with Gasteiger partial charge in [-0.2, -0.15) is 9.38 Å². The minimum atomic E-state index is -0.650. The lowest BCUT2D eigenvalue weighted by Gasteiger charge is -2.09. The molecule has 0 spiro atoms. The summed E-state index contributed by atoms with van der Waals surface area (Å²) in [6.45, 7) is 0.641. The number of rotatable bonds is 6. The minimum Gasteiger partial charge on any atom is -0.493 e. The fraction of sp³-hybridized carbons (Fsp3) is 0.211. The number of thioether (sulfide) groups is 1. The predicted octanol–water partition coefficient (Wildman–Crippen LogP) is 4.02. The summed E-state index contributed by atoms with van der Waals surface area (Å²) in [6.07, 6.45) is 0.750. The lowest BCUT2D eigenvalue weighted by atomic mass is 10.1. The van der Waals surface area contributed by atoms with E-state index in [2.05, 4.69) is 15.7 Å². The molecular formula is C19H17F2N2O2S+. The van der Waals surface area contributed by atoms with Gasteiger partial charge in [0, 0.05) is 18.7 Å². The van der Waals surface area contributed by atoms with Crippen LogP contribution in [0.25, 0.3) is 5.70 Å². The monoisotopic (exact) mass is 375 g/mol. The van der Waals surface area contributed by atoms with Crippen LogP contribution in [-0.4, -0.2) is 25.9 Å². The number of halogens is 2. The molecule has 0 radical (unpaired) electrons. The lowest BCUT2D eigenvalue weighted by molar-refractivity contribution is 0.354. The van der Waals surface area contributed by atoms with Crippen molar-refractivity contribution in [3.05, 3.63) is 64.6 Å². The zero-order valence-corrected chi connectivity index (χ0v) is 15.1. The average molecular weight is 375 g/mol. The van der Waals surface area contributed by atoms with Crippen LogP contribution in [0.1, 0.15) is 11.1 Å². The normalized spacial score (nSPS) is 12.9. The second-order valence-corrected chi connectivity index (χ2v) is 6.25. The molecule has 26 heavy (non-hydrogen) atoms. The number of benzene rings is 2. The second kappa shape index (κ2) is 8.17.